The number of nitrogens with zero attached hydrogens (tertiary/aromatic N) is 3. The van der Waals surface area contributed by atoms with Crippen molar-refractivity contribution in [2.45, 2.75) is 13.5 Å². The topological polar surface area (TPSA) is 65.4 Å². The van der Waals surface area contributed by atoms with Crippen molar-refractivity contribution in [3.05, 3.63) is 75.3 Å². The molecule has 1 heterocycles. The molecule has 0 unspecified atom stereocenters. The zero-order chi connectivity index (χ0) is 18.7. The lowest BCUT2D eigenvalue weighted by atomic mass is 10.2. The zero-order valence-electron chi connectivity index (χ0n) is 13.8. The maximum atomic E-state index is 13.9. The molecule has 3 aromatic rings. The third-order valence-corrected chi connectivity index (χ3v) is 4.15. The first kappa shape index (κ1) is 18.2. The van der Waals surface area contributed by atoms with E-state index in [1.54, 1.807) is 42.7 Å². The summed E-state index contributed by atoms with van der Waals surface area (Å²) in [5.74, 6) is 0.317. The molecular formula is C18H15Cl2FN4O. The number of ether oxygens (including phenoxy) is 1. The molecule has 3 rings (SSSR count). The molecule has 134 valence electrons. The minimum Gasteiger partial charge on any atom is -0.488 e. The summed E-state index contributed by atoms with van der Waals surface area (Å²) in [6.45, 7) is 1.79. The van der Waals surface area contributed by atoms with E-state index >= 15 is 0 Å². The van der Waals surface area contributed by atoms with E-state index in [1.165, 1.54) is 10.7 Å². The fraction of sp³-hybridized carbons (Fsp3) is 0.111. The Balaban J connectivity index is 1.85. The molecule has 1 aromatic heterocycles. The molecule has 0 fully saturated rings. The fourth-order valence-electron chi connectivity index (χ4n) is 2.29. The van der Waals surface area contributed by atoms with Crippen molar-refractivity contribution in [3.8, 4) is 5.75 Å². The minimum absolute atomic E-state index is 0.0275. The smallest absolute Gasteiger partial charge is 0.221 e. The van der Waals surface area contributed by atoms with E-state index in [0.29, 0.717) is 21.4 Å². The van der Waals surface area contributed by atoms with Gasteiger partial charge in [-0.25, -0.2) is 14.1 Å². The first-order valence-electron chi connectivity index (χ1n) is 7.65. The van der Waals surface area contributed by atoms with Crippen LogP contribution in [-0.2, 0) is 6.61 Å². The molecule has 2 aromatic carbocycles. The number of benzene rings is 2. The molecule has 0 aliphatic rings. The van der Waals surface area contributed by atoms with Gasteiger partial charge in [-0.2, -0.15) is 5.10 Å². The van der Waals surface area contributed by atoms with Crippen LogP contribution in [0.2, 0.25) is 10.0 Å². The number of imidazole rings is 1. The van der Waals surface area contributed by atoms with Gasteiger partial charge >= 0.3 is 0 Å². The quantitative estimate of drug-likeness (QED) is 0.640. The van der Waals surface area contributed by atoms with Crippen molar-refractivity contribution < 1.29 is 9.13 Å². The number of nitrogen functional groups attached to an aromatic ring is 1. The van der Waals surface area contributed by atoms with Gasteiger partial charge in [0.15, 0.2) is 0 Å². The Labute approximate surface area is 159 Å². The summed E-state index contributed by atoms with van der Waals surface area (Å²) in [4.78, 5) is 4.07. The Kier molecular flexibility index (Phi) is 5.44. The Morgan fingerprint density at radius 2 is 2.12 bits per heavy atom. The molecule has 0 saturated carbocycles. The van der Waals surface area contributed by atoms with Gasteiger partial charge in [0.2, 0.25) is 5.95 Å². The van der Waals surface area contributed by atoms with Crippen LogP contribution in [-0.4, -0.2) is 15.9 Å². The summed E-state index contributed by atoms with van der Waals surface area (Å²) in [7, 11) is 0. The highest BCUT2D eigenvalue weighted by atomic mass is 35.5. The van der Waals surface area contributed by atoms with Gasteiger partial charge in [0.25, 0.3) is 0 Å². The average Bonchev–Trinajstić information content (AvgIpc) is 2.91. The van der Waals surface area contributed by atoms with Crippen LogP contribution in [0.3, 0.4) is 0 Å². The van der Waals surface area contributed by atoms with Gasteiger partial charge in [-0.05, 0) is 37.3 Å². The Bertz CT molecular complexity index is 952. The predicted molar refractivity (Wildman–Crippen MR) is 102 cm³/mol. The lowest BCUT2D eigenvalue weighted by Gasteiger charge is -2.11. The predicted octanol–water partition coefficient (Wildman–Crippen LogP) is 4.68. The van der Waals surface area contributed by atoms with E-state index in [2.05, 4.69) is 10.1 Å². The summed E-state index contributed by atoms with van der Waals surface area (Å²) in [5.41, 5.74) is 7.40. The second-order valence-corrected chi connectivity index (χ2v) is 6.34. The number of nitrogens with two attached hydrogens (primary N) is 1. The molecule has 8 heteroatoms. The molecule has 0 aliphatic carbocycles. The van der Waals surface area contributed by atoms with Gasteiger partial charge in [0.05, 0.1) is 23.1 Å². The van der Waals surface area contributed by atoms with Crippen LogP contribution in [0.15, 0.2) is 47.7 Å². The van der Waals surface area contributed by atoms with Gasteiger partial charge in [-0.3, -0.25) is 0 Å². The fourth-order valence-corrected chi connectivity index (χ4v) is 2.69. The first-order chi connectivity index (χ1) is 12.4. The third-order valence-electron chi connectivity index (χ3n) is 3.56. The van der Waals surface area contributed by atoms with E-state index in [9.17, 15) is 4.39 Å². The Hall–Kier alpha value is -2.57. The molecule has 0 saturated heterocycles. The maximum absolute atomic E-state index is 13.9. The summed E-state index contributed by atoms with van der Waals surface area (Å²) < 4.78 is 21.1. The van der Waals surface area contributed by atoms with Gasteiger partial charge in [0, 0.05) is 16.1 Å². The number of halogens is 3. The van der Waals surface area contributed by atoms with Crippen LogP contribution in [0.1, 0.15) is 16.8 Å². The minimum atomic E-state index is -0.427. The highest BCUT2D eigenvalue weighted by Gasteiger charge is 2.10. The standard InChI is InChI=1S/C18H15Cl2FN4O/c1-11-9-25(18(22)24-11)23-8-12-7-13(19)5-6-17(12)26-10-14-15(20)3-2-4-16(14)21/h2-9H,10H2,1H3,(H2,22,24). The van der Waals surface area contributed by atoms with Crippen LogP contribution in [0.4, 0.5) is 10.3 Å². The van der Waals surface area contributed by atoms with Gasteiger partial charge < -0.3 is 10.5 Å². The maximum Gasteiger partial charge on any atom is 0.221 e. The van der Waals surface area contributed by atoms with Crippen molar-refractivity contribution in [1.82, 2.24) is 9.66 Å². The van der Waals surface area contributed by atoms with E-state index < -0.39 is 5.82 Å². The summed E-state index contributed by atoms with van der Waals surface area (Å²) in [6, 6.07) is 9.52. The van der Waals surface area contributed by atoms with E-state index in [0.717, 1.165) is 5.69 Å². The molecule has 2 N–H and O–H groups in total. The van der Waals surface area contributed by atoms with Crippen LogP contribution in [0, 0.1) is 12.7 Å². The molecule has 0 atom stereocenters. The van der Waals surface area contributed by atoms with Crippen molar-refractivity contribution in [2.75, 3.05) is 5.73 Å². The van der Waals surface area contributed by atoms with Crippen molar-refractivity contribution >= 4 is 35.4 Å². The van der Waals surface area contributed by atoms with Gasteiger partial charge in [0.1, 0.15) is 18.2 Å². The summed E-state index contributed by atoms with van der Waals surface area (Å²) >= 11 is 12.1. The molecular weight excluding hydrogens is 378 g/mol. The van der Waals surface area contributed by atoms with Crippen molar-refractivity contribution in [3.63, 3.8) is 0 Å². The molecule has 0 radical (unpaired) electrons. The molecule has 0 bridgehead atoms. The summed E-state index contributed by atoms with van der Waals surface area (Å²) in [6.07, 6.45) is 3.23. The monoisotopic (exact) mass is 392 g/mol. The lowest BCUT2D eigenvalue weighted by molar-refractivity contribution is 0.299. The molecule has 26 heavy (non-hydrogen) atoms. The number of rotatable bonds is 5. The number of hydrogen-bond donors (Lipinski definition) is 1. The van der Waals surface area contributed by atoms with E-state index in [4.69, 9.17) is 33.7 Å². The van der Waals surface area contributed by atoms with Crippen LogP contribution in [0.5, 0.6) is 5.75 Å². The second-order valence-electron chi connectivity index (χ2n) is 5.50. The van der Waals surface area contributed by atoms with E-state index in [1.807, 2.05) is 6.92 Å². The van der Waals surface area contributed by atoms with Gasteiger partial charge in [-0.15, -0.1) is 0 Å². The zero-order valence-corrected chi connectivity index (χ0v) is 15.3. The second kappa shape index (κ2) is 7.76. The van der Waals surface area contributed by atoms with Crippen LogP contribution < -0.4 is 10.5 Å². The molecule has 0 amide bonds. The highest BCUT2D eigenvalue weighted by Crippen LogP contribution is 2.25. The third kappa shape index (κ3) is 4.15. The number of anilines is 1. The molecule has 5 nitrogen and oxygen atoms in total. The normalized spacial score (nSPS) is 11.2. The summed E-state index contributed by atoms with van der Waals surface area (Å²) in [5, 5.41) is 5.07. The molecule has 0 aliphatic heterocycles. The van der Waals surface area contributed by atoms with Crippen molar-refractivity contribution in [2.24, 2.45) is 5.10 Å². The number of aryl methyl sites for hydroxylation is 1. The van der Waals surface area contributed by atoms with Crippen molar-refractivity contribution in [1.29, 1.82) is 0 Å². The Morgan fingerprint density at radius 1 is 1.31 bits per heavy atom. The van der Waals surface area contributed by atoms with E-state index in [-0.39, 0.29) is 18.1 Å². The molecule has 0 spiro atoms. The van der Waals surface area contributed by atoms with Crippen LogP contribution in [0.25, 0.3) is 0 Å². The highest BCUT2D eigenvalue weighted by molar-refractivity contribution is 6.31. The van der Waals surface area contributed by atoms with Crippen LogP contribution >= 0.6 is 23.2 Å². The number of aromatic nitrogens is 2. The average molecular weight is 393 g/mol. The number of hydrogen-bond acceptors (Lipinski definition) is 4. The SMILES string of the molecule is Cc1cn(N=Cc2cc(Cl)ccc2OCc2c(F)cccc2Cl)c(N)n1. The largest absolute Gasteiger partial charge is 0.488 e. The Morgan fingerprint density at radius 3 is 2.81 bits per heavy atom. The first-order valence-corrected chi connectivity index (χ1v) is 8.40. The lowest BCUT2D eigenvalue weighted by Crippen LogP contribution is -2.02. The van der Waals surface area contributed by atoms with Gasteiger partial charge in [-0.1, -0.05) is 29.3 Å².